The number of aromatic nitrogens is 3. The third-order valence-electron chi connectivity index (χ3n) is 4.52. The molecule has 4 rings (SSSR count). The van der Waals surface area contributed by atoms with Crippen LogP contribution in [0.1, 0.15) is 5.56 Å². The Labute approximate surface area is 167 Å². The van der Waals surface area contributed by atoms with Crippen LogP contribution >= 0.6 is 0 Å². The van der Waals surface area contributed by atoms with E-state index in [-0.39, 0.29) is 5.84 Å². The number of ether oxygens (including phenoxy) is 2. The summed E-state index contributed by atoms with van der Waals surface area (Å²) in [5.41, 5.74) is 9.39. The molecule has 8 heteroatoms. The van der Waals surface area contributed by atoms with E-state index >= 15 is 0 Å². The van der Waals surface area contributed by atoms with E-state index in [0.717, 1.165) is 22.6 Å². The Kier molecular flexibility index (Phi) is 4.74. The average molecular weight is 388 g/mol. The molecule has 2 aromatic heterocycles. The summed E-state index contributed by atoms with van der Waals surface area (Å²) >= 11 is 0. The summed E-state index contributed by atoms with van der Waals surface area (Å²) in [6, 6.07) is 14.8. The maximum Gasteiger partial charge on any atom is 0.213 e. The monoisotopic (exact) mass is 388 g/mol. The van der Waals surface area contributed by atoms with Crippen LogP contribution in [0.4, 0.5) is 11.6 Å². The molecule has 2 heterocycles. The molecule has 0 aliphatic rings. The lowest BCUT2D eigenvalue weighted by Crippen LogP contribution is -2.10. The summed E-state index contributed by atoms with van der Waals surface area (Å²) in [4.78, 5) is 9.18. The molecule has 0 spiro atoms. The van der Waals surface area contributed by atoms with Gasteiger partial charge in [0.05, 0.1) is 19.9 Å². The molecule has 0 amide bonds. The molecule has 0 unspecified atom stereocenters. The number of fused-ring (bicyclic) bond motifs is 1. The first-order valence-electron chi connectivity index (χ1n) is 8.87. The number of benzene rings is 2. The van der Waals surface area contributed by atoms with Crippen molar-refractivity contribution < 1.29 is 9.47 Å². The average Bonchev–Trinajstić information content (AvgIpc) is 3.22. The minimum absolute atomic E-state index is 0.0297. The maximum atomic E-state index is 7.51. The van der Waals surface area contributed by atoms with Gasteiger partial charge in [0.25, 0.3) is 0 Å². The van der Waals surface area contributed by atoms with Gasteiger partial charge in [-0.25, -0.2) is 9.97 Å². The van der Waals surface area contributed by atoms with Gasteiger partial charge in [-0.05, 0) is 42.5 Å². The fourth-order valence-corrected chi connectivity index (χ4v) is 3.02. The Morgan fingerprint density at radius 3 is 2.48 bits per heavy atom. The van der Waals surface area contributed by atoms with Crippen molar-refractivity contribution in [2.45, 2.75) is 0 Å². The van der Waals surface area contributed by atoms with E-state index in [1.807, 2.05) is 47.0 Å². The van der Waals surface area contributed by atoms with Gasteiger partial charge in [0, 0.05) is 35.3 Å². The van der Waals surface area contributed by atoms with Gasteiger partial charge in [0.15, 0.2) is 11.5 Å². The SMILES string of the molecule is COc1ccc(-c2cc3nccn3c(Nc3ccc(C(=N)N)cc3)n2)cc1OC. The lowest BCUT2D eigenvalue weighted by atomic mass is 10.1. The Bertz CT molecular complexity index is 1180. The largest absolute Gasteiger partial charge is 0.493 e. The quantitative estimate of drug-likeness (QED) is 0.345. The molecule has 8 nitrogen and oxygen atoms in total. The van der Waals surface area contributed by atoms with Gasteiger partial charge in [-0.1, -0.05) is 0 Å². The van der Waals surface area contributed by atoms with Gasteiger partial charge in [-0.2, -0.15) is 0 Å². The number of nitrogens with one attached hydrogen (secondary N) is 2. The van der Waals surface area contributed by atoms with Crippen LogP contribution in [0.15, 0.2) is 60.9 Å². The van der Waals surface area contributed by atoms with Crippen molar-refractivity contribution in [3.63, 3.8) is 0 Å². The summed E-state index contributed by atoms with van der Waals surface area (Å²) < 4.78 is 12.6. The zero-order valence-corrected chi connectivity index (χ0v) is 16.0. The normalized spacial score (nSPS) is 10.7. The fourth-order valence-electron chi connectivity index (χ4n) is 3.02. The van der Waals surface area contributed by atoms with Crippen molar-refractivity contribution in [2.75, 3.05) is 19.5 Å². The molecule has 0 atom stereocenters. The highest BCUT2D eigenvalue weighted by Crippen LogP contribution is 2.32. The van der Waals surface area contributed by atoms with Gasteiger partial charge in [0.1, 0.15) is 11.5 Å². The Morgan fingerprint density at radius 1 is 1.03 bits per heavy atom. The molecule has 0 saturated carbocycles. The molecule has 0 saturated heterocycles. The third kappa shape index (κ3) is 3.55. The first-order chi connectivity index (χ1) is 14.1. The van der Waals surface area contributed by atoms with Crippen LogP contribution in [-0.4, -0.2) is 34.4 Å². The van der Waals surface area contributed by atoms with Gasteiger partial charge < -0.3 is 20.5 Å². The van der Waals surface area contributed by atoms with Gasteiger partial charge in [0.2, 0.25) is 5.95 Å². The number of methoxy groups -OCH3 is 2. The van der Waals surface area contributed by atoms with Crippen LogP contribution < -0.4 is 20.5 Å². The second-order valence-corrected chi connectivity index (χ2v) is 6.31. The molecule has 4 aromatic rings. The number of hydrogen-bond donors (Lipinski definition) is 3. The third-order valence-corrected chi connectivity index (χ3v) is 4.52. The van der Waals surface area contributed by atoms with Crippen molar-refractivity contribution in [2.24, 2.45) is 5.73 Å². The van der Waals surface area contributed by atoms with Gasteiger partial charge >= 0.3 is 0 Å². The lowest BCUT2D eigenvalue weighted by Gasteiger charge is -2.12. The fraction of sp³-hybridized carbons (Fsp3) is 0.0952. The molecule has 29 heavy (non-hydrogen) atoms. The predicted octanol–water partition coefficient (Wildman–Crippen LogP) is 3.44. The van der Waals surface area contributed by atoms with Crippen LogP contribution in [0, 0.1) is 5.41 Å². The van der Waals surface area contributed by atoms with Crippen molar-refractivity contribution in [1.29, 1.82) is 5.41 Å². The number of nitrogens with two attached hydrogens (primary N) is 1. The molecule has 0 radical (unpaired) electrons. The summed E-state index contributed by atoms with van der Waals surface area (Å²) in [5, 5.41) is 10.8. The summed E-state index contributed by atoms with van der Waals surface area (Å²) in [7, 11) is 3.20. The van der Waals surface area contributed by atoms with Gasteiger partial charge in [-0.3, -0.25) is 9.81 Å². The van der Waals surface area contributed by atoms with Crippen molar-refractivity contribution in [3.05, 3.63) is 66.5 Å². The smallest absolute Gasteiger partial charge is 0.213 e. The number of nitrogen functional groups attached to an aromatic ring is 1. The zero-order valence-electron chi connectivity index (χ0n) is 16.0. The molecule has 146 valence electrons. The first kappa shape index (κ1) is 18.3. The number of nitrogens with zero attached hydrogens (tertiary/aromatic N) is 3. The van der Waals surface area contributed by atoms with E-state index in [1.165, 1.54) is 0 Å². The highest BCUT2D eigenvalue weighted by atomic mass is 16.5. The molecular weight excluding hydrogens is 368 g/mol. The molecule has 0 aliphatic heterocycles. The van der Waals surface area contributed by atoms with Crippen LogP contribution in [0.2, 0.25) is 0 Å². The van der Waals surface area contributed by atoms with E-state index in [4.69, 9.17) is 25.6 Å². The number of imidazole rings is 1. The number of hydrogen-bond acceptors (Lipinski definition) is 6. The van der Waals surface area contributed by atoms with Crippen molar-refractivity contribution in [3.8, 4) is 22.8 Å². The maximum absolute atomic E-state index is 7.51. The Hall–Kier alpha value is -4.07. The highest BCUT2D eigenvalue weighted by Gasteiger charge is 2.12. The van der Waals surface area contributed by atoms with Gasteiger partial charge in [-0.15, -0.1) is 0 Å². The summed E-state index contributed by atoms with van der Waals surface area (Å²) in [6.45, 7) is 0. The zero-order chi connectivity index (χ0) is 20.4. The van der Waals surface area contributed by atoms with Crippen LogP contribution in [0.3, 0.4) is 0 Å². The second kappa shape index (κ2) is 7.51. The Morgan fingerprint density at radius 2 is 1.79 bits per heavy atom. The number of amidine groups is 1. The first-order valence-corrected chi connectivity index (χ1v) is 8.87. The molecule has 2 aromatic carbocycles. The lowest BCUT2D eigenvalue weighted by molar-refractivity contribution is 0.355. The second-order valence-electron chi connectivity index (χ2n) is 6.31. The standard InChI is InChI=1S/C21H20N6O2/c1-28-17-8-5-14(11-18(17)29-2)16-12-19-24-9-10-27(19)21(26-16)25-15-6-3-13(4-7-15)20(22)23/h3-12H,1-2H3,(H3,22,23)(H,25,26). The topological polar surface area (TPSA) is 111 Å². The van der Waals surface area contributed by atoms with E-state index in [9.17, 15) is 0 Å². The molecule has 0 bridgehead atoms. The van der Waals surface area contributed by atoms with E-state index in [2.05, 4.69) is 10.3 Å². The van der Waals surface area contributed by atoms with E-state index in [1.54, 1.807) is 32.5 Å². The summed E-state index contributed by atoms with van der Waals surface area (Å²) in [5.74, 6) is 1.92. The summed E-state index contributed by atoms with van der Waals surface area (Å²) in [6.07, 6.45) is 3.56. The van der Waals surface area contributed by atoms with E-state index in [0.29, 0.717) is 23.0 Å². The molecular formula is C21H20N6O2. The number of rotatable bonds is 6. The Balaban J connectivity index is 1.75. The van der Waals surface area contributed by atoms with Crippen LogP contribution in [-0.2, 0) is 0 Å². The highest BCUT2D eigenvalue weighted by molar-refractivity contribution is 5.95. The van der Waals surface area contributed by atoms with Crippen molar-refractivity contribution >= 4 is 23.1 Å². The predicted molar refractivity (Wildman–Crippen MR) is 112 cm³/mol. The van der Waals surface area contributed by atoms with Crippen LogP contribution in [0.25, 0.3) is 16.9 Å². The van der Waals surface area contributed by atoms with Crippen LogP contribution in [0.5, 0.6) is 11.5 Å². The van der Waals surface area contributed by atoms with E-state index < -0.39 is 0 Å². The minimum atomic E-state index is 0.0297. The molecule has 4 N–H and O–H groups in total. The minimum Gasteiger partial charge on any atom is -0.493 e. The molecule has 0 aliphatic carbocycles. The van der Waals surface area contributed by atoms with Crippen molar-refractivity contribution in [1.82, 2.24) is 14.4 Å². The molecule has 0 fully saturated rings. The number of anilines is 2.